The highest BCUT2D eigenvalue weighted by molar-refractivity contribution is 7.92. The molecule has 4 heteroatoms. The molecule has 0 amide bonds. The SMILES string of the molecule is CCCC/C=C/c1cccc2cccc(NS(=O)(=O)c3ccc(C)cc3)c12. The first-order chi connectivity index (χ1) is 13.0. The average Bonchev–Trinajstić information content (AvgIpc) is 2.65. The van der Waals surface area contributed by atoms with Crippen LogP contribution in [0.5, 0.6) is 0 Å². The number of benzene rings is 3. The van der Waals surface area contributed by atoms with E-state index in [9.17, 15) is 8.42 Å². The molecule has 0 saturated carbocycles. The number of sulfonamides is 1. The lowest BCUT2D eigenvalue weighted by Gasteiger charge is -2.13. The maximum absolute atomic E-state index is 12.8. The second-order valence-electron chi connectivity index (χ2n) is 6.71. The Bertz CT molecular complexity index is 1050. The summed E-state index contributed by atoms with van der Waals surface area (Å²) in [6, 6.07) is 18.6. The molecule has 0 aromatic heterocycles. The zero-order chi connectivity index (χ0) is 19.3. The van der Waals surface area contributed by atoms with Gasteiger partial charge in [-0.1, -0.05) is 79.9 Å². The second-order valence-corrected chi connectivity index (χ2v) is 8.40. The molecule has 3 nitrogen and oxygen atoms in total. The van der Waals surface area contributed by atoms with Gasteiger partial charge in [0.2, 0.25) is 0 Å². The number of hydrogen-bond donors (Lipinski definition) is 1. The van der Waals surface area contributed by atoms with Crippen molar-refractivity contribution in [1.29, 1.82) is 0 Å². The van der Waals surface area contributed by atoms with Gasteiger partial charge in [-0.2, -0.15) is 0 Å². The summed E-state index contributed by atoms with van der Waals surface area (Å²) in [4.78, 5) is 0.265. The van der Waals surface area contributed by atoms with Gasteiger partial charge < -0.3 is 0 Å². The maximum atomic E-state index is 12.8. The highest BCUT2D eigenvalue weighted by Gasteiger charge is 2.16. The molecule has 0 unspecified atom stereocenters. The van der Waals surface area contributed by atoms with Gasteiger partial charge in [-0.15, -0.1) is 0 Å². The first-order valence-electron chi connectivity index (χ1n) is 9.29. The minimum Gasteiger partial charge on any atom is -0.279 e. The Kier molecular flexibility index (Phi) is 5.97. The van der Waals surface area contributed by atoms with Crippen LogP contribution in [-0.4, -0.2) is 8.42 Å². The van der Waals surface area contributed by atoms with E-state index in [1.54, 1.807) is 24.3 Å². The fourth-order valence-corrected chi connectivity index (χ4v) is 4.12. The summed E-state index contributed by atoms with van der Waals surface area (Å²) in [5, 5.41) is 1.93. The topological polar surface area (TPSA) is 46.2 Å². The molecule has 0 saturated heterocycles. The molecule has 0 bridgehead atoms. The summed E-state index contributed by atoms with van der Waals surface area (Å²) in [5.74, 6) is 0. The summed E-state index contributed by atoms with van der Waals surface area (Å²) in [7, 11) is -3.64. The largest absolute Gasteiger partial charge is 0.279 e. The summed E-state index contributed by atoms with van der Waals surface area (Å²) >= 11 is 0. The van der Waals surface area contributed by atoms with E-state index in [1.807, 2.05) is 43.3 Å². The Labute approximate surface area is 161 Å². The normalized spacial score (nSPS) is 11.9. The van der Waals surface area contributed by atoms with E-state index in [4.69, 9.17) is 0 Å². The Balaban J connectivity index is 2.01. The maximum Gasteiger partial charge on any atom is 0.261 e. The number of aryl methyl sites for hydroxylation is 1. The van der Waals surface area contributed by atoms with E-state index < -0.39 is 10.0 Å². The highest BCUT2D eigenvalue weighted by Crippen LogP contribution is 2.30. The van der Waals surface area contributed by atoms with Crippen LogP contribution in [-0.2, 0) is 10.0 Å². The van der Waals surface area contributed by atoms with Crippen LogP contribution in [0.25, 0.3) is 16.8 Å². The number of fused-ring (bicyclic) bond motifs is 1. The Morgan fingerprint density at radius 1 is 0.963 bits per heavy atom. The number of allylic oxidation sites excluding steroid dienone is 1. The van der Waals surface area contributed by atoms with Crippen LogP contribution in [0.2, 0.25) is 0 Å². The molecule has 0 heterocycles. The fourth-order valence-electron chi connectivity index (χ4n) is 3.05. The lowest BCUT2D eigenvalue weighted by molar-refractivity contribution is 0.601. The van der Waals surface area contributed by atoms with E-state index in [1.165, 1.54) is 0 Å². The van der Waals surface area contributed by atoms with Gasteiger partial charge in [-0.25, -0.2) is 8.42 Å². The lowest BCUT2D eigenvalue weighted by Crippen LogP contribution is -2.13. The first kappa shape index (κ1) is 19.2. The van der Waals surface area contributed by atoms with E-state index in [2.05, 4.69) is 23.8 Å². The molecular weight excluding hydrogens is 354 g/mol. The minimum absolute atomic E-state index is 0.265. The zero-order valence-electron chi connectivity index (χ0n) is 15.8. The van der Waals surface area contributed by atoms with Crippen molar-refractivity contribution in [2.45, 2.75) is 38.0 Å². The molecule has 0 aliphatic heterocycles. The van der Waals surface area contributed by atoms with Crippen molar-refractivity contribution < 1.29 is 8.42 Å². The van der Waals surface area contributed by atoms with Crippen LogP contribution < -0.4 is 4.72 Å². The third kappa shape index (κ3) is 4.58. The van der Waals surface area contributed by atoms with Crippen LogP contribution >= 0.6 is 0 Å². The van der Waals surface area contributed by atoms with E-state index >= 15 is 0 Å². The molecule has 0 fully saturated rings. The molecule has 3 aromatic rings. The van der Waals surface area contributed by atoms with Crippen molar-refractivity contribution in [3.63, 3.8) is 0 Å². The molecule has 27 heavy (non-hydrogen) atoms. The van der Waals surface area contributed by atoms with Crippen molar-refractivity contribution in [3.05, 3.63) is 77.9 Å². The van der Waals surface area contributed by atoms with Gasteiger partial charge in [-0.05, 0) is 42.5 Å². The Morgan fingerprint density at radius 3 is 2.37 bits per heavy atom. The van der Waals surface area contributed by atoms with Gasteiger partial charge >= 0.3 is 0 Å². The zero-order valence-corrected chi connectivity index (χ0v) is 16.6. The molecule has 1 N–H and O–H groups in total. The van der Waals surface area contributed by atoms with Crippen molar-refractivity contribution in [2.75, 3.05) is 4.72 Å². The fraction of sp³-hybridized carbons (Fsp3) is 0.217. The molecule has 0 aliphatic rings. The molecule has 0 radical (unpaired) electrons. The monoisotopic (exact) mass is 379 g/mol. The number of rotatable bonds is 7. The van der Waals surface area contributed by atoms with Crippen LogP contribution in [0.4, 0.5) is 5.69 Å². The van der Waals surface area contributed by atoms with Crippen LogP contribution in [0, 0.1) is 6.92 Å². The lowest BCUT2D eigenvalue weighted by atomic mass is 10.0. The van der Waals surface area contributed by atoms with Crippen LogP contribution in [0.3, 0.4) is 0 Å². The Morgan fingerprint density at radius 2 is 1.67 bits per heavy atom. The smallest absolute Gasteiger partial charge is 0.261 e. The third-order valence-corrected chi connectivity index (χ3v) is 5.92. The molecule has 0 spiro atoms. The molecule has 0 aliphatic carbocycles. The first-order valence-corrected chi connectivity index (χ1v) is 10.8. The summed E-state index contributed by atoms with van der Waals surface area (Å²) in [6.07, 6.45) is 7.56. The summed E-state index contributed by atoms with van der Waals surface area (Å²) in [5.41, 5.74) is 2.65. The van der Waals surface area contributed by atoms with Crippen LogP contribution in [0.15, 0.2) is 71.6 Å². The standard InChI is InChI=1S/C23H25NO2S/c1-3-4-5-6-9-19-10-7-11-20-12-8-13-22(23(19)20)24-27(25,26)21-16-14-18(2)15-17-21/h6-17,24H,3-5H2,1-2H3/b9-6+. The molecular formula is C23H25NO2S. The van der Waals surface area contributed by atoms with Crippen molar-refractivity contribution in [1.82, 2.24) is 0 Å². The highest BCUT2D eigenvalue weighted by atomic mass is 32.2. The van der Waals surface area contributed by atoms with E-state index in [0.29, 0.717) is 5.69 Å². The van der Waals surface area contributed by atoms with Crippen molar-refractivity contribution in [3.8, 4) is 0 Å². The third-order valence-electron chi connectivity index (χ3n) is 4.53. The van der Waals surface area contributed by atoms with Crippen LogP contribution in [0.1, 0.15) is 37.3 Å². The van der Waals surface area contributed by atoms with Gasteiger partial charge in [-0.3, -0.25) is 4.72 Å². The van der Waals surface area contributed by atoms with Gasteiger partial charge in [0.25, 0.3) is 10.0 Å². The second kappa shape index (κ2) is 8.40. The van der Waals surface area contributed by atoms with Crippen molar-refractivity contribution in [2.24, 2.45) is 0 Å². The number of unbranched alkanes of at least 4 members (excludes halogenated alkanes) is 2. The van der Waals surface area contributed by atoms with Gasteiger partial charge in [0.15, 0.2) is 0 Å². The molecule has 3 aromatic carbocycles. The van der Waals surface area contributed by atoms with Gasteiger partial charge in [0.05, 0.1) is 10.6 Å². The number of hydrogen-bond acceptors (Lipinski definition) is 2. The van der Waals surface area contributed by atoms with E-state index in [-0.39, 0.29) is 4.90 Å². The van der Waals surface area contributed by atoms with Crippen molar-refractivity contribution >= 4 is 32.6 Å². The predicted molar refractivity (Wildman–Crippen MR) is 114 cm³/mol. The van der Waals surface area contributed by atoms with Gasteiger partial charge in [0, 0.05) is 5.39 Å². The molecule has 0 atom stereocenters. The molecule has 140 valence electrons. The predicted octanol–water partition coefficient (Wildman–Crippen LogP) is 6.15. The summed E-state index contributed by atoms with van der Waals surface area (Å²) in [6.45, 7) is 4.11. The average molecular weight is 380 g/mol. The quantitative estimate of drug-likeness (QED) is 0.500. The van der Waals surface area contributed by atoms with E-state index in [0.717, 1.165) is 41.2 Å². The minimum atomic E-state index is -3.64. The number of anilines is 1. The Hall–Kier alpha value is -2.59. The molecule has 3 rings (SSSR count). The number of nitrogens with one attached hydrogen (secondary N) is 1. The van der Waals surface area contributed by atoms with Gasteiger partial charge in [0.1, 0.15) is 0 Å². The summed E-state index contributed by atoms with van der Waals surface area (Å²) < 4.78 is 28.5.